The first-order valence-corrected chi connectivity index (χ1v) is 7.32. The molecule has 7 heteroatoms. The summed E-state index contributed by atoms with van der Waals surface area (Å²) in [6, 6.07) is 5.29. The van der Waals surface area contributed by atoms with E-state index in [0.29, 0.717) is 11.3 Å². The van der Waals surface area contributed by atoms with Crippen molar-refractivity contribution in [2.75, 3.05) is 11.3 Å². The first kappa shape index (κ1) is 14.1. The smallest absolute Gasteiger partial charge is 0.265 e. The van der Waals surface area contributed by atoms with Crippen LogP contribution in [0.2, 0.25) is 0 Å². The molecule has 0 aliphatic heterocycles. The maximum atomic E-state index is 12.1. The van der Waals surface area contributed by atoms with E-state index in [9.17, 15) is 8.42 Å². The topological polar surface area (TPSA) is 101 Å². The minimum atomic E-state index is -3.65. The molecule has 6 nitrogen and oxygen atoms in total. The van der Waals surface area contributed by atoms with Gasteiger partial charge in [0.15, 0.2) is 0 Å². The monoisotopic (exact) mass is 290 g/mol. The van der Waals surface area contributed by atoms with Crippen LogP contribution in [0.3, 0.4) is 0 Å². The van der Waals surface area contributed by atoms with Gasteiger partial charge in [0.2, 0.25) is 0 Å². The molecule has 0 atom stereocenters. The molecule has 2 aromatic rings. The number of aromatic amines is 1. The van der Waals surface area contributed by atoms with Gasteiger partial charge in [0.1, 0.15) is 4.90 Å². The van der Waals surface area contributed by atoms with E-state index in [0.717, 1.165) is 5.56 Å². The molecule has 0 spiro atoms. The molecule has 0 saturated heterocycles. The van der Waals surface area contributed by atoms with Gasteiger partial charge in [-0.2, -0.15) is 5.10 Å². The highest BCUT2D eigenvalue weighted by Gasteiger charge is 2.16. The number of rotatable bonds is 3. The lowest BCUT2D eigenvalue weighted by Gasteiger charge is -2.09. The predicted molar refractivity (Wildman–Crippen MR) is 76.5 cm³/mol. The minimum absolute atomic E-state index is 0.0790. The van der Waals surface area contributed by atoms with E-state index in [1.54, 1.807) is 12.1 Å². The number of nitrogens with one attached hydrogen (secondary N) is 2. The second-order valence-electron chi connectivity index (χ2n) is 4.08. The van der Waals surface area contributed by atoms with Crippen LogP contribution in [0.4, 0.5) is 5.69 Å². The average Bonchev–Trinajstić information content (AvgIpc) is 2.94. The van der Waals surface area contributed by atoms with Crippen molar-refractivity contribution in [2.24, 2.45) is 5.73 Å². The molecular formula is C13H14N4O2S. The quantitative estimate of drug-likeness (QED) is 0.729. The van der Waals surface area contributed by atoms with Crippen molar-refractivity contribution >= 4 is 15.7 Å². The SMILES string of the molecule is Cc1ccc(C#CCN)cc1NS(=O)(=O)c1cn[nH]c1. The molecule has 0 saturated carbocycles. The Labute approximate surface area is 117 Å². The van der Waals surface area contributed by atoms with Crippen LogP contribution < -0.4 is 10.5 Å². The lowest BCUT2D eigenvalue weighted by atomic mass is 10.1. The summed E-state index contributed by atoms with van der Waals surface area (Å²) in [5.74, 6) is 5.59. The van der Waals surface area contributed by atoms with Gasteiger partial charge in [-0.15, -0.1) is 0 Å². The summed E-state index contributed by atoms with van der Waals surface area (Å²) < 4.78 is 26.7. The minimum Gasteiger partial charge on any atom is -0.320 e. The molecule has 1 aromatic carbocycles. The fourth-order valence-electron chi connectivity index (χ4n) is 1.55. The van der Waals surface area contributed by atoms with Gasteiger partial charge in [0.05, 0.1) is 18.4 Å². The van der Waals surface area contributed by atoms with E-state index in [1.165, 1.54) is 12.4 Å². The highest BCUT2D eigenvalue weighted by atomic mass is 32.2. The third-order valence-corrected chi connectivity index (χ3v) is 3.93. The number of aryl methyl sites for hydroxylation is 1. The standard InChI is InChI=1S/C13H14N4O2S/c1-10-4-5-11(3-2-6-14)7-13(10)17-20(18,19)12-8-15-16-9-12/h4-5,7-9,17H,6,14H2,1H3,(H,15,16). The molecule has 4 N–H and O–H groups in total. The first-order valence-electron chi connectivity index (χ1n) is 5.84. The van der Waals surface area contributed by atoms with Crippen molar-refractivity contribution in [3.05, 3.63) is 41.7 Å². The fraction of sp³-hybridized carbons (Fsp3) is 0.154. The molecule has 0 aliphatic carbocycles. The maximum Gasteiger partial charge on any atom is 0.265 e. The number of hydrogen-bond donors (Lipinski definition) is 3. The molecule has 1 heterocycles. The highest BCUT2D eigenvalue weighted by Crippen LogP contribution is 2.20. The number of aromatic nitrogens is 2. The fourth-order valence-corrected chi connectivity index (χ4v) is 2.58. The van der Waals surface area contributed by atoms with Crippen molar-refractivity contribution in [1.82, 2.24) is 10.2 Å². The van der Waals surface area contributed by atoms with Crippen molar-refractivity contribution in [1.29, 1.82) is 0 Å². The van der Waals surface area contributed by atoms with E-state index in [4.69, 9.17) is 5.73 Å². The van der Waals surface area contributed by atoms with Crippen LogP contribution in [0.25, 0.3) is 0 Å². The number of H-pyrrole nitrogens is 1. The van der Waals surface area contributed by atoms with Gasteiger partial charge < -0.3 is 5.73 Å². The summed E-state index contributed by atoms with van der Waals surface area (Å²) in [5.41, 5.74) is 7.30. The van der Waals surface area contributed by atoms with Gasteiger partial charge in [0, 0.05) is 11.8 Å². The van der Waals surface area contributed by atoms with E-state index < -0.39 is 10.0 Å². The maximum absolute atomic E-state index is 12.1. The Morgan fingerprint density at radius 3 is 2.90 bits per heavy atom. The zero-order valence-electron chi connectivity index (χ0n) is 10.8. The lowest BCUT2D eigenvalue weighted by molar-refractivity contribution is 0.601. The van der Waals surface area contributed by atoms with Gasteiger partial charge in [-0.1, -0.05) is 17.9 Å². The Balaban J connectivity index is 2.34. The Morgan fingerprint density at radius 1 is 1.45 bits per heavy atom. The van der Waals surface area contributed by atoms with Crippen LogP contribution in [-0.4, -0.2) is 25.2 Å². The molecule has 2 rings (SSSR count). The molecule has 0 fully saturated rings. The van der Waals surface area contributed by atoms with Gasteiger partial charge in [-0.3, -0.25) is 9.82 Å². The molecule has 0 radical (unpaired) electrons. The van der Waals surface area contributed by atoms with E-state index in [2.05, 4.69) is 26.8 Å². The summed E-state index contributed by atoms with van der Waals surface area (Å²) in [4.78, 5) is 0.0790. The average molecular weight is 290 g/mol. The molecule has 104 valence electrons. The van der Waals surface area contributed by atoms with Gasteiger partial charge in [0.25, 0.3) is 10.0 Å². The zero-order chi connectivity index (χ0) is 14.6. The number of sulfonamides is 1. The molecule has 20 heavy (non-hydrogen) atoms. The third-order valence-electron chi connectivity index (χ3n) is 2.60. The van der Waals surface area contributed by atoms with E-state index >= 15 is 0 Å². The lowest BCUT2D eigenvalue weighted by Crippen LogP contribution is -2.13. The largest absolute Gasteiger partial charge is 0.320 e. The molecule has 0 aliphatic rings. The summed E-state index contributed by atoms with van der Waals surface area (Å²) in [7, 11) is -3.65. The van der Waals surface area contributed by atoms with Crippen LogP contribution in [0, 0.1) is 18.8 Å². The normalized spacial score (nSPS) is 10.7. The number of anilines is 1. The van der Waals surface area contributed by atoms with Crippen LogP contribution in [-0.2, 0) is 10.0 Å². The summed E-state index contributed by atoms with van der Waals surface area (Å²) in [6.07, 6.45) is 2.56. The van der Waals surface area contributed by atoms with Crippen LogP contribution in [0.5, 0.6) is 0 Å². The van der Waals surface area contributed by atoms with Gasteiger partial charge in [-0.25, -0.2) is 8.42 Å². The molecule has 0 amide bonds. The second-order valence-corrected chi connectivity index (χ2v) is 5.76. The Hall–Kier alpha value is -2.30. The highest BCUT2D eigenvalue weighted by molar-refractivity contribution is 7.92. The Morgan fingerprint density at radius 2 is 2.25 bits per heavy atom. The van der Waals surface area contributed by atoms with Gasteiger partial charge in [-0.05, 0) is 24.6 Å². The van der Waals surface area contributed by atoms with E-state index in [1.807, 2.05) is 13.0 Å². The molecule has 1 aromatic heterocycles. The summed E-state index contributed by atoms with van der Waals surface area (Å²) >= 11 is 0. The molecule has 0 bridgehead atoms. The summed E-state index contributed by atoms with van der Waals surface area (Å²) in [6.45, 7) is 2.07. The number of benzene rings is 1. The van der Waals surface area contributed by atoms with Crippen molar-refractivity contribution in [3.63, 3.8) is 0 Å². The van der Waals surface area contributed by atoms with Crippen LogP contribution in [0.15, 0.2) is 35.5 Å². The van der Waals surface area contributed by atoms with Crippen molar-refractivity contribution < 1.29 is 8.42 Å². The second kappa shape index (κ2) is 5.77. The van der Waals surface area contributed by atoms with Crippen molar-refractivity contribution in [2.45, 2.75) is 11.8 Å². The van der Waals surface area contributed by atoms with Crippen molar-refractivity contribution in [3.8, 4) is 11.8 Å². The first-order chi connectivity index (χ1) is 9.53. The van der Waals surface area contributed by atoms with Gasteiger partial charge >= 0.3 is 0 Å². The number of hydrogen-bond acceptors (Lipinski definition) is 4. The predicted octanol–water partition coefficient (Wildman–Crippen LogP) is 0.829. The summed E-state index contributed by atoms with van der Waals surface area (Å²) in [5, 5.41) is 6.10. The molecule has 0 unspecified atom stereocenters. The number of nitrogens with two attached hydrogens (primary N) is 1. The van der Waals surface area contributed by atoms with Crippen LogP contribution in [0.1, 0.15) is 11.1 Å². The Kier molecular flexibility index (Phi) is 4.08. The van der Waals surface area contributed by atoms with E-state index in [-0.39, 0.29) is 11.4 Å². The Bertz CT molecular complexity index is 755. The van der Waals surface area contributed by atoms with Crippen LogP contribution >= 0.6 is 0 Å². The number of nitrogens with zero attached hydrogens (tertiary/aromatic N) is 1. The zero-order valence-corrected chi connectivity index (χ0v) is 11.7. The molecular weight excluding hydrogens is 276 g/mol. The third kappa shape index (κ3) is 3.17.